The fraction of sp³-hybridized carbons (Fsp3) is 0.917. The smallest absolute Gasteiger partial charge is 0.314 e. The first-order valence-corrected chi connectivity index (χ1v) is 17.4. The lowest BCUT2D eigenvalue weighted by molar-refractivity contribution is -0.163. The average molecular weight is 609 g/mol. The van der Waals surface area contributed by atoms with Gasteiger partial charge in [-0.25, -0.2) is 0 Å². The second kappa shape index (κ2) is 16.6. The first-order valence-electron chi connectivity index (χ1n) is 17.4. The van der Waals surface area contributed by atoms with Crippen LogP contribution >= 0.6 is 0 Å². The zero-order valence-electron chi connectivity index (χ0n) is 29.0. The van der Waals surface area contributed by atoms with E-state index in [9.17, 15) is 14.4 Å². The van der Waals surface area contributed by atoms with Gasteiger partial charge < -0.3 is 19.3 Å². The van der Waals surface area contributed by atoms with Crippen LogP contribution in [0, 0.1) is 39.9 Å². The Kier molecular flexibility index (Phi) is 14.5. The van der Waals surface area contributed by atoms with E-state index in [-0.39, 0.29) is 47.6 Å². The van der Waals surface area contributed by atoms with Gasteiger partial charge in [-0.05, 0) is 136 Å². The van der Waals surface area contributed by atoms with Gasteiger partial charge >= 0.3 is 17.9 Å². The van der Waals surface area contributed by atoms with E-state index in [1.807, 2.05) is 41.5 Å². The minimum atomic E-state index is -0.712. The lowest BCUT2D eigenvalue weighted by Gasteiger charge is -2.27. The third kappa shape index (κ3) is 9.68. The van der Waals surface area contributed by atoms with E-state index in [1.54, 1.807) is 13.8 Å². The fourth-order valence-corrected chi connectivity index (χ4v) is 6.89. The molecule has 4 rings (SSSR count). The normalized spacial score (nSPS) is 27.9. The molecular weight excluding hydrogens is 544 g/mol. The van der Waals surface area contributed by atoms with Crippen molar-refractivity contribution in [3.05, 3.63) is 0 Å². The highest BCUT2D eigenvalue weighted by molar-refractivity contribution is 5.77. The Hall–Kier alpha value is -1.63. The molecule has 4 aliphatic rings. The minimum absolute atomic E-state index is 0.0214. The third-order valence-electron chi connectivity index (χ3n) is 11.2. The number of hydrogen-bond acceptors (Lipinski definition) is 7. The Morgan fingerprint density at radius 1 is 0.605 bits per heavy atom. The Balaban J connectivity index is 0.000000234. The molecule has 0 aromatic carbocycles. The van der Waals surface area contributed by atoms with Crippen LogP contribution in [0.2, 0.25) is 0 Å². The van der Waals surface area contributed by atoms with Gasteiger partial charge in [0.15, 0.2) is 0 Å². The first kappa shape index (κ1) is 37.6. The number of rotatable bonds is 10. The van der Waals surface area contributed by atoms with Gasteiger partial charge in [-0.1, -0.05) is 33.6 Å². The van der Waals surface area contributed by atoms with Gasteiger partial charge in [-0.3, -0.25) is 14.4 Å². The Bertz CT molecular complexity index is 866. The van der Waals surface area contributed by atoms with E-state index in [4.69, 9.17) is 19.3 Å². The summed E-state index contributed by atoms with van der Waals surface area (Å²) >= 11 is 0. The molecule has 5 unspecified atom stereocenters. The summed E-state index contributed by atoms with van der Waals surface area (Å²) in [5.74, 6) is 2.85. The average Bonchev–Trinajstić information content (AvgIpc) is 3.71. The van der Waals surface area contributed by atoms with Crippen LogP contribution < -0.4 is 0 Å². The van der Waals surface area contributed by atoms with Crippen molar-refractivity contribution in [1.82, 2.24) is 0 Å². The van der Waals surface area contributed by atoms with Crippen LogP contribution in [-0.4, -0.2) is 48.4 Å². The summed E-state index contributed by atoms with van der Waals surface area (Å²) in [7, 11) is 0. The van der Waals surface area contributed by atoms with E-state index < -0.39 is 5.41 Å². The summed E-state index contributed by atoms with van der Waals surface area (Å²) in [6, 6.07) is 0. The summed E-state index contributed by atoms with van der Waals surface area (Å²) < 4.78 is 16.2. The summed E-state index contributed by atoms with van der Waals surface area (Å²) in [5.41, 5.74) is -1.33. The molecule has 2 bridgehead atoms. The van der Waals surface area contributed by atoms with Crippen molar-refractivity contribution in [2.45, 2.75) is 158 Å². The molecular formula is C36H64O7. The molecule has 7 heteroatoms. The van der Waals surface area contributed by atoms with Crippen molar-refractivity contribution >= 4 is 17.9 Å². The highest BCUT2D eigenvalue weighted by atomic mass is 16.6. The molecule has 0 heterocycles. The van der Waals surface area contributed by atoms with E-state index in [2.05, 4.69) is 6.92 Å². The van der Waals surface area contributed by atoms with Crippen LogP contribution in [-0.2, 0) is 28.6 Å². The van der Waals surface area contributed by atoms with Crippen molar-refractivity contribution in [3.8, 4) is 0 Å². The van der Waals surface area contributed by atoms with Gasteiger partial charge in [0.2, 0.25) is 0 Å². The maximum absolute atomic E-state index is 12.3. The number of carbonyl (C=O) groups excluding carboxylic acids is 3. The molecule has 0 spiro atoms. The van der Waals surface area contributed by atoms with E-state index in [0.717, 1.165) is 37.5 Å². The maximum Gasteiger partial charge on any atom is 0.314 e. The van der Waals surface area contributed by atoms with Crippen LogP contribution in [0.15, 0.2) is 0 Å². The molecule has 0 aliphatic heterocycles. The molecule has 4 fully saturated rings. The largest absolute Gasteiger partial charge is 0.466 e. The minimum Gasteiger partial charge on any atom is -0.466 e. The molecule has 0 amide bonds. The molecule has 0 saturated heterocycles. The quantitative estimate of drug-likeness (QED) is 0.198. The number of aliphatic hydroxyl groups excluding tert-OH is 1. The second-order valence-corrected chi connectivity index (χ2v) is 15.0. The van der Waals surface area contributed by atoms with Crippen LogP contribution in [0.25, 0.3) is 0 Å². The molecule has 7 nitrogen and oxygen atoms in total. The van der Waals surface area contributed by atoms with Gasteiger partial charge in [0.05, 0.1) is 29.5 Å². The van der Waals surface area contributed by atoms with E-state index in [0.29, 0.717) is 24.9 Å². The van der Waals surface area contributed by atoms with Crippen molar-refractivity contribution in [2.75, 3.05) is 13.2 Å². The summed E-state index contributed by atoms with van der Waals surface area (Å²) in [6.45, 7) is 17.6. The predicted octanol–water partition coefficient (Wildman–Crippen LogP) is 8.05. The predicted molar refractivity (Wildman–Crippen MR) is 170 cm³/mol. The summed E-state index contributed by atoms with van der Waals surface area (Å²) in [4.78, 5) is 35.2. The molecule has 0 radical (unpaired) electrons. The van der Waals surface area contributed by atoms with Gasteiger partial charge in [-0.15, -0.1) is 0 Å². The van der Waals surface area contributed by atoms with Crippen molar-refractivity contribution in [3.63, 3.8) is 0 Å². The zero-order chi connectivity index (χ0) is 32.4. The number of ether oxygens (including phenoxy) is 3. The Labute approximate surface area is 262 Å². The van der Waals surface area contributed by atoms with E-state index >= 15 is 0 Å². The first-order chi connectivity index (χ1) is 20.2. The monoisotopic (exact) mass is 608 g/mol. The van der Waals surface area contributed by atoms with Gasteiger partial charge in [0.25, 0.3) is 0 Å². The molecule has 0 aromatic rings. The van der Waals surface area contributed by atoms with Crippen molar-refractivity contribution < 1.29 is 33.7 Å². The molecule has 4 aliphatic carbocycles. The number of hydrogen-bond donors (Lipinski definition) is 1. The van der Waals surface area contributed by atoms with Crippen molar-refractivity contribution in [1.29, 1.82) is 0 Å². The molecule has 43 heavy (non-hydrogen) atoms. The Morgan fingerprint density at radius 3 is 1.51 bits per heavy atom. The van der Waals surface area contributed by atoms with Crippen LogP contribution in [0.4, 0.5) is 0 Å². The highest BCUT2D eigenvalue weighted by Gasteiger charge is 2.57. The lowest BCUT2D eigenvalue weighted by Crippen LogP contribution is -2.33. The van der Waals surface area contributed by atoms with Gasteiger partial charge in [0, 0.05) is 0 Å². The maximum atomic E-state index is 12.3. The van der Waals surface area contributed by atoms with Crippen LogP contribution in [0.3, 0.4) is 0 Å². The zero-order valence-corrected chi connectivity index (χ0v) is 29.0. The molecule has 250 valence electrons. The molecule has 4 saturated carbocycles. The van der Waals surface area contributed by atoms with E-state index in [1.165, 1.54) is 51.4 Å². The van der Waals surface area contributed by atoms with Crippen LogP contribution in [0.1, 0.15) is 146 Å². The molecule has 5 atom stereocenters. The highest BCUT2D eigenvalue weighted by Crippen LogP contribution is 2.60. The summed E-state index contributed by atoms with van der Waals surface area (Å²) in [6.07, 6.45) is 15.4. The lowest BCUT2D eigenvalue weighted by atomic mass is 9.82. The fourth-order valence-electron chi connectivity index (χ4n) is 6.89. The van der Waals surface area contributed by atoms with Crippen LogP contribution in [0.5, 0.6) is 0 Å². The number of fused-ring (bicyclic) bond motifs is 5. The van der Waals surface area contributed by atoms with Gasteiger partial charge in [-0.2, -0.15) is 0 Å². The van der Waals surface area contributed by atoms with Gasteiger partial charge in [0.1, 0.15) is 12.2 Å². The number of aliphatic hydroxyl groups is 1. The molecule has 0 aromatic heterocycles. The SMILES string of the molecule is CCC(C)(C)C(=O)OC1C2CCC1C1CCCC12.CCC(C)(C)C(=O)OC1CCCCC1.CCOC(=O)C(C)(CC)CO. The summed E-state index contributed by atoms with van der Waals surface area (Å²) in [5, 5.41) is 8.88. The number of esters is 3. The standard InChI is InChI=1S/C16H26O2.C12H22O2.C8H16O3/c1-4-16(2,3)15(17)18-14-12-8-9-13(14)11-7-5-6-10(11)12;1-4-12(2,3)11(13)14-10-8-6-5-7-9-10;1-4-8(3,6-9)7(10)11-5-2/h10-14H,4-9H2,1-3H3;10H,4-9H2,1-3H3;9H,4-6H2,1-3H3. The third-order valence-corrected chi connectivity index (χ3v) is 11.2. The topological polar surface area (TPSA) is 99.1 Å². The number of carbonyl (C=O) groups is 3. The Morgan fingerprint density at radius 2 is 1.09 bits per heavy atom. The molecule has 1 N–H and O–H groups in total. The second-order valence-electron chi connectivity index (χ2n) is 15.0. The van der Waals surface area contributed by atoms with Crippen molar-refractivity contribution in [2.24, 2.45) is 39.9 Å².